The molecule has 0 spiro atoms. The van der Waals surface area contributed by atoms with E-state index in [1.54, 1.807) is 67.8 Å². The molecule has 7 nitrogen and oxygen atoms in total. The zero-order valence-corrected chi connectivity index (χ0v) is 21.2. The molecule has 3 aromatic carbocycles. The van der Waals surface area contributed by atoms with E-state index in [0.29, 0.717) is 32.6 Å². The molecule has 2 aliphatic heterocycles. The molecule has 0 radical (unpaired) electrons. The van der Waals surface area contributed by atoms with Gasteiger partial charge in [-0.05, 0) is 48.0 Å². The van der Waals surface area contributed by atoms with E-state index < -0.39 is 17.7 Å². The van der Waals surface area contributed by atoms with Crippen LogP contribution in [0.4, 0.5) is 15.8 Å². The number of fused-ring (bicyclic) bond motifs is 1. The molecule has 0 bridgehead atoms. The normalized spacial score (nSPS) is 16.9. The summed E-state index contributed by atoms with van der Waals surface area (Å²) in [6.07, 6.45) is 0. The number of hydrogen-bond donors (Lipinski definition) is 1. The summed E-state index contributed by atoms with van der Waals surface area (Å²) in [6, 6.07) is 19.7. The number of amides is 3. The molecular formula is C27H20FN3O4S2. The standard InChI is InChI=1S/C27H20FN3O4S2/c1-35-19-12-10-18(11-13-19)29-22(32)15-30-21-5-3-2-4-20(21)23(25(30)33)24-26(34)31(27(36)37-24)14-16-6-8-17(28)9-7-16/h2-13H,14-15H2,1H3,(H,29,32). The van der Waals surface area contributed by atoms with Crippen LogP contribution in [-0.4, -0.2) is 40.6 Å². The Morgan fingerprint density at radius 3 is 2.38 bits per heavy atom. The van der Waals surface area contributed by atoms with Crippen LogP contribution >= 0.6 is 24.0 Å². The van der Waals surface area contributed by atoms with Crippen molar-refractivity contribution in [3.05, 3.63) is 94.6 Å². The number of hydrogen-bond acceptors (Lipinski definition) is 6. The number of thioether (sulfide) groups is 1. The molecule has 3 amide bonds. The van der Waals surface area contributed by atoms with Gasteiger partial charge < -0.3 is 10.1 Å². The minimum atomic E-state index is -0.451. The zero-order valence-electron chi connectivity index (χ0n) is 19.6. The maximum absolute atomic E-state index is 13.6. The number of rotatable bonds is 6. The first kappa shape index (κ1) is 24.7. The Bertz CT molecular complexity index is 1460. The van der Waals surface area contributed by atoms with E-state index in [1.165, 1.54) is 21.9 Å². The Balaban J connectivity index is 1.40. The molecule has 186 valence electrons. The molecule has 1 fully saturated rings. The van der Waals surface area contributed by atoms with Gasteiger partial charge in [0.05, 0.1) is 29.8 Å². The number of ether oxygens (including phenoxy) is 1. The number of nitrogens with zero attached hydrogens (tertiary/aromatic N) is 2. The molecule has 0 unspecified atom stereocenters. The van der Waals surface area contributed by atoms with Gasteiger partial charge in [0.2, 0.25) is 5.91 Å². The minimum Gasteiger partial charge on any atom is -0.497 e. The number of para-hydroxylation sites is 1. The molecule has 1 saturated heterocycles. The monoisotopic (exact) mass is 533 g/mol. The Kier molecular flexibility index (Phi) is 6.77. The van der Waals surface area contributed by atoms with Gasteiger partial charge in [0, 0.05) is 11.3 Å². The largest absolute Gasteiger partial charge is 0.497 e. The third-order valence-corrected chi connectivity index (χ3v) is 7.38. The van der Waals surface area contributed by atoms with E-state index in [2.05, 4.69) is 5.32 Å². The minimum absolute atomic E-state index is 0.158. The maximum atomic E-state index is 13.6. The molecule has 0 aliphatic carbocycles. The van der Waals surface area contributed by atoms with Crippen LogP contribution in [-0.2, 0) is 20.9 Å². The van der Waals surface area contributed by atoms with Gasteiger partial charge in [0.25, 0.3) is 11.8 Å². The van der Waals surface area contributed by atoms with Crippen LogP contribution < -0.4 is 15.0 Å². The summed E-state index contributed by atoms with van der Waals surface area (Å²) in [6.45, 7) is -0.0766. The number of thiocarbonyl (C=S) groups is 1. The SMILES string of the molecule is COc1ccc(NC(=O)CN2C(=O)C(=C3SC(=S)N(Cc4ccc(F)cc4)C3=O)c3ccccc32)cc1. The van der Waals surface area contributed by atoms with Crippen LogP contribution in [0, 0.1) is 5.82 Å². The Morgan fingerprint density at radius 2 is 1.68 bits per heavy atom. The average molecular weight is 534 g/mol. The van der Waals surface area contributed by atoms with E-state index in [4.69, 9.17) is 17.0 Å². The smallest absolute Gasteiger partial charge is 0.267 e. The van der Waals surface area contributed by atoms with Crippen molar-refractivity contribution in [2.24, 2.45) is 0 Å². The van der Waals surface area contributed by atoms with Gasteiger partial charge in [-0.15, -0.1) is 0 Å². The third kappa shape index (κ3) is 4.85. The fourth-order valence-electron chi connectivity index (χ4n) is 4.13. The van der Waals surface area contributed by atoms with Crippen LogP contribution in [0.2, 0.25) is 0 Å². The Hall–Kier alpha value is -4.02. The summed E-state index contributed by atoms with van der Waals surface area (Å²) in [5, 5.41) is 2.78. The van der Waals surface area contributed by atoms with Crippen molar-refractivity contribution in [2.45, 2.75) is 6.54 Å². The summed E-state index contributed by atoms with van der Waals surface area (Å²) in [4.78, 5) is 42.7. The highest BCUT2D eigenvalue weighted by molar-refractivity contribution is 8.26. The summed E-state index contributed by atoms with van der Waals surface area (Å²) in [7, 11) is 1.55. The predicted molar refractivity (Wildman–Crippen MR) is 144 cm³/mol. The van der Waals surface area contributed by atoms with Crippen LogP contribution in [0.15, 0.2) is 77.7 Å². The van der Waals surface area contributed by atoms with Gasteiger partial charge in [-0.2, -0.15) is 0 Å². The first-order valence-electron chi connectivity index (χ1n) is 11.2. The van der Waals surface area contributed by atoms with Crippen molar-refractivity contribution in [2.75, 3.05) is 23.9 Å². The van der Waals surface area contributed by atoms with Crippen molar-refractivity contribution < 1.29 is 23.5 Å². The summed E-state index contributed by atoms with van der Waals surface area (Å²) in [5.74, 6) is -0.961. The number of carbonyl (C=O) groups excluding carboxylic acids is 3. The second kappa shape index (κ2) is 10.2. The van der Waals surface area contributed by atoms with Crippen LogP contribution in [0.5, 0.6) is 5.75 Å². The lowest BCUT2D eigenvalue weighted by Gasteiger charge is -2.17. The molecule has 1 N–H and O–H groups in total. The lowest BCUT2D eigenvalue weighted by Crippen LogP contribution is -2.35. The molecule has 10 heteroatoms. The van der Waals surface area contributed by atoms with E-state index >= 15 is 0 Å². The second-order valence-corrected chi connectivity index (χ2v) is 9.92. The molecule has 37 heavy (non-hydrogen) atoms. The van der Waals surface area contributed by atoms with Crippen molar-refractivity contribution >= 4 is 63.0 Å². The van der Waals surface area contributed by atoms with Gasteiger partial charge >= 0.3 is 0 Å². The highest BCUT2D eigenvalue weighted by atomic mass is 32.2. The number of carbonyl (C=O) groups is 3. The zero-order chi connectivity index (χ0) is 26.1. The predicted octanol–water partition coefficient (Wildman–Crippen LogP) is 4.59. The number of methoxy groups -OCH3 is 1. The average Bonchev–Trinajstić information content (AvgIpc) is 3.33. The molecular weight excluding hydrogens is 513 g/mol. The molecule has 0 atom stereocenters. The van der Waals surface area contributed by atoms with Gasteiger partial charge in [0.1, 0.15) is 22.4 Å². The van der Waals surface area contributed by atoms with Crippen molar-refractivity contribution in [1.29, 1.82) is 0 Å². The molecule has 0 saturated carbocycles. The van der Waals surface area contributed by atoms with Gasteiger partial charge in [0.15, 0.2) is 0 Å². The first-order chi connectivity index (χ1) is 17.9. The topological polar surface area (TPSA) is 79.0 Å². The quantitative estimate of drug-likeness (QED) is 0.369. The Labute approximate surface area is 221 Å². The number of halogens is 1. The highest BCUT2D eigenvalue weighted by Crippen LogP contribution is 2.44. The van der Waals surface area contributed by atoms with E-state index in [-0.39, 0.29) is 29.4 Å². The van der Waals surface area contributed by atoms with E-state index in [9.17, 15) is 18.8 Å². The molecule has 5 rings (SSSR count). The van der Waals surface area contributed by atoms with Crippen LogP contribution in [0.25, 0.3) is 5.57 Å². The third-order valence-electron chi connectivity index (χ3n) is 5.93. The number of benzene rings is 3. The van der Waals surface area contributed by atoms with Gasteiger partial charge in [-0.25, -0.2) is 4.39 Å². The van der Waals surface area contributed by atoms with E-state index in [0.717, 1.165) is 11.8 Å². The number of anilines is 2. The second-order valence-electron chi connectivity index (χ2n) is 8.27. The summed E-state index contributed by atoms with van der Waals surface area (Å²) >= 11 is 6.49. The summed E-state index contributed by atoms with van der Waals surface area (Å²) < 4.78 is 18.7. The molecule has 2 aliphatic rings. The van der Waals surface area contributed by atoms with Crippen molar-refractivity contribution in [3.63, 3.8) is 0 Å². The van der Waals surface area contributed by atoms with Crippen LogP contribution in [0.3, 0.4) is 0 Å². The Morgan fingerprint density at radius 1 is 0.973 bits per heavy atom. The van der Waals surface area contributed by atoms with Gasteiger partial charge in [-0.1, -0.05) is 54.3 Å². The van der Waals surface area contributed by atoms with Crippen LogP contribution in [0.1, 0.15) is 11.1 Å². The van der Waals surface area contributed by atoms with Crippen molar-refractivity contribution in [1.82, 2.24) is 4.90 Å². The fraction of sp³-hybridized carbons (Fsp3) is 0.111. The maximum Gasteiger partial charge on any atom is 0.267 e. The molecule has 2 heterocycles. The van der Waals surface area contributed by atoms with E-state index in [1.807, 2.05) is 0 Å². The lowest BCUT2D eigenvalue weighted by molar-refractivity contribution is -0.122. The number of nitrogens with one attached hydrogen (secondary N) is 1. The van der Waals surface area contributed by atoms with Gasteiger partial charge in [-0.3, -0.25) is 24.2 Å². The summed E-state index contributed by atoms with van der Waals surface area (Å²) in [5.41, 5.74) is 2.58. The lowest BCUT2D eigenvalue weighted by atomic mass is 10.1. The molecule has 0 aromatic heterocycles. The molecule has 3 aromatic rings. The first-order valence-corrected chi connectivity index (χ1v) is 12.5. The van der Waals surface area contributed by atoms with Crippen molar-refractivity contribution in [3.8, 4) is 5.75 Å². The fourth-order valence-corrected chi connectivity index (χ4v) is 5.46. The highest BCUT2D eigenvalue weighted by Gasteiger charge is 2.42.